The molecule has 0 unspecified atom stereocenters. The van der Waals surface area contributed by atoms with Crippen molar-refractivity contribution < 1.29 is 14.6 Å². The number of ether oxygens (including phenoxy) is 1. The highest BCUT2D eigenvalue weighted by Crippen LogP contribution is 2.42. The summed E-state index contributed by atoms with van der Waals surface area (Å²) in [6.45, 7) is 8.08. The number of carbonyl (C=O) groups excluding carboxylic acids is 1. The van der Waals surface area contributed by atoms with Gasteiger partial charge < -0.3 is 19.3 Å². The van der Waals surface area contributed by atoms with Crippen LogP contribution in [0.2, 0.25) is 0 Å². The maximum Gasteiger partial charge on any atom is 0.411 e. The molecule has 2 heterocycles. The lowest BCUT2D eigenvalue weighted by molar-refractivity contribution is -0.101. The summed E-state index contributed by atoms with van der Waals surface area (Å²) in [6, 6.07) is 19.8. The number of nitrogens with zero attached hydrogens (tertiary/aromatic N) is 2. The maximum atomic E-state index is 13.4. The summed E-state index contributed by atoms with van der Waals surface area (Å²) in [7, 11) is 0. The molecule has 37 heavy (non-hydrogen) atoms. The number of aromatic nitrogens is 1. The zero-order chi connectivity index (χ0) is 26.4. The molecule has 1 aliphatic heterocycles. The lowest BCUT2D eigenvalue weighted by Crippen LogP contribution is -2.51. The Balaban J connectivity index is 1.36. The fourth-order valence-corrected chi connectivity index (χ4v) is 5.71. The Hall–Kier alpha value is -3.38. The Kier molecular flexibility index (Phi) is 6.48. The molecule has 1 aromatic heterocycles. The maximum absolute atomic E-state index is 13.4. The van der Waals surface area contributed by atoms with Gasteiger partial charge in [0.25, 0.3) is 5.56 Å². The predicted molar refractivity (Wildman–Crippen MR) is 144 cm³/mol. The van der Waals surface area contributed by atoms with Crippen LogP contribution >= 0.6 is 0 Å². The van der Waals surface area contributed by atoms with E-state index in [1.54, 1.807) is 24.8 Å². The number of amides is 1. The topological polar surface area (TPSA) is 71.8 Å². The van der Waals surface area contributed by atoms with Crippen molar-refractivity contribution in [3.8, 4) is 11.1 Å². The standard InChI is InChI=1S/C31H36N2O4/c1-21-18-23(24-14-16-33(26-11-12-26)28(34)19-24)10-13-27(21)22(2)32-17-15-31(37-29(32)35,20-30(3,4)36)25-8-6-5-7-9-25/h5-10,13-14,16,18-19,22,26,36H,11-12,15,17,20H2,1-4H3/t22-,31-/m0/s1. The number of rotatable bonds is 7. The van der Waals surface area contributed by atoms with Gasteiger partial charge in [-0.3, -0.25) is 4.79 Å². The quantitative estimate of drug-likeness (QED) is 0.424. The Morgan fingerprint density at radius 2 is 1.76 bits per heavy atom. The smallest absolute Gasteiger partial charge is 0.411 e. The highest BCUT2D eigenvalue weighted by atomic mass is 16.6. The number of pyridine rings is 1. The molecule has 194 valence electrons. The molecule has 3 aromatic rings. The predicted octanol–water partition coefficient (Wildman–Crippen LogP) is 6.12. The summed E-state index contributed by atoms with van der Waals surface area (Å²) in [4.78, 5) is 27.7. The zero-order valence-electron chi connectivity index (χ0n) is 22.1. The van der Waals surface area contributed by atoms with E-state index in [-0.39, 0.29) is 17.7 Å². The Bertz CT molecular complexity index is 1350. The first-order chi connectivity index (χ1) is 17.6. The van der Waals surface area contributed by atoms with Crippen LogP contribution in [0.25, 0.3) is 11.1 Å². The summed E-state index contributed by atoms with van der Waals surface area (Å²) in [5.41, 5.74) is 3.08. The van der Waals surface area contributed by atoms with E-state index in [1.807, 2.05) is 73.1 Å². The van der Waals surface area contributed by atoms with Crippen molar-refractivity contribution >= 4 is 6.09 Å². The van der Waals surface area contributed by atoms with E-state index >= 15 is 0 Å². The number of hydrogen-bond donors (Lipinski definition) is 1. The molecule has 2 aliphatic rings. The third-order valence-electron chi connectivity index (χ3n) is 7.70. The normalized spacial score (nSPS) is 21.0. The number of cyclic esters (lactones) is 1. The fourth-order valence-electron chi connectivity index (χ4n) is 5.71. The van der Waals surface area contributed by atoms with Crippen LogP contribution in [-0.2, 0) is 10.3 Å². The number of aryl methyl sites for hydroxylation is 1. The van der Waals surface area contributed by atoms with Crippen LogP contribution < -0.4 is 5.56 Å². The van der Waals surface area contributed by atoms with Crippen molar-refractivity contribution in [1.82, 2.24) is 9.47 Å². The molecule has 5 rings (SSSR count). The monoisotopic (exact) mass is 500 g/mol. The molecule has 0 spiro atoms. The van der Waals surface area contributed by atoms with Gasteiger partial charge >= 0.3 is 6.09 Å². The van der Waals surface area contributed by atoms with Gasteiger partial charge in [-0.15, -0.1) is 0 Å². The molecular formula is C31H36N2O4. The number of hydrogen-bond acceptors (Lipinski definition) is 4. The molecule has 0 bridgehead atoms. The second kappa shape index (κ2) is 9.49. The first kappa shape index (κ1) is 25.3. The van der Waals surface area contributed by atoms with Gasteiger partial charge in [-0.1, -0.05) is 48.5 Å². The van der Waals surface area contributed by atoms with E-state index in [9.17, 15) is 14.7 Å². The Morgan fingerprint density at radius 3 is 2.35 bits per heavy atom. The van der Waals surface area contributed by atoms with Gasteiger partial charge in [-0.25, -0.2) is 4.79 Å². The van der Waals surface area contributed by atoms with Crippen molar-refractivity contribution in [3.05, 3.63) is 93.9 Å². The van der Waals surface area contributed by atoms with Gasteiger partial charge in [-0.05, 0) is 74.4 Å². The average molecular weight is 501 g/mol. The van der Waals surface area contributed by atoms with Gasteiger partial charge in [0.2, 0.25) is 0 Å². The second-order valence-corrected chi connectivity index (χ2v) is 11.3. The lowest BCUT2D eigenvalue weighted by atomic mass is 9.80. The largest absolute Gasteiger partial charge is 0.438 e. The highest BCUT2D eigenvalue weighted by Gasteiger charge is 2.46. The van der Waals surface area contributed by atoms with Crippen molar-refractivity contribution in [1.29, 1.82) is 0 Å². The third-order valence-corrected chi connectivity index (χ3v) is 7.70. The van der Waals surface area contributed by atoms with E-state index in [0.29, 0.717) is 25.4 Å². The van der Waals surface area contributed by atoms with Crippen LogP contribution in [0.15, 0.2) is 71.7 Å². The Labute approximate surface area is 218 Å². The summed E-state index contributed by atoms with van der Waals surface area (Å²) < 4.78 is 7.98. The molecule has 6 heteroatoms. The number of carbonyl (C=O) groups is 1. The number of aliphatic hydroxyl groups is 1. The van der Waals surface area contributed by atoms with E-state index in [1.165, 1.54) is 0 Å². The molecule has 1 saturated heterocycles. The lowest BCUT2D eigenvalue weighted by Gasteiger charge is -2.45. The molecule has 0 radical (unpaired) electrons. The second-order valence-electron chi connectivity index (χ2n) is 11.3. The van der Waals surface area contributed by atoms with Gasteiger partial charge in [0.15, 0.2) is 0 Å². The first-order valence-corrected chi connectivity index (χ1v) is 13.2. The fraction of sp³-hybridized carbons (Fsp3) is 0.419. The van der Waals surface area contributed by atoms with Crippen LogP contribution in [0, 0.1) is 6.92 Å². The average Bonchev–Trinajstić information content (AvgIpc) is 3.68. The van der Waals surface area contributed by atoms with Crippen LogP contribution in [0.5, 0.6) is 0 Å². The molecule has 2 fully saturated rings. The first-order valence-electron chi connectivity index (χ1n) is 13.2. The van der Waals surface area contributed by atoms with Crippen LogP contribution in [0.1, 0.15) is 75.2 Å². The SMILES string of the molecule is Cc1cc(-c2ccn(C3CC3)c(=O)c2)ccc1[C@H](C)N1CC[C@](CC(C)(C)O)(c2ccccc2)OC1=O. The van der Waals surface area contributed by atoms with Gasteiger partial charge in [0, 0.05) is 37.7 Å². The Morgan fingerprint density at radius 1 is 1.05 bits per heavy atom. The molecule has 1 N–H and O–H groups in total. The molecule has 1 aliphatic carbocycles. The van der Waals surface area contributed by atoms with Crippen molar-refractivity contribution in [3.63, 3.8) is 0 Å². The van der Waals surface area contributed by atoms with Gasteiger partial charge in [-0.2, -0.15) is 0 Å². The summed E-state index contributed by atoms with van der Waals surface area (Å²) >= 11 is 0. The minimum Gasteiger partial charge on any atom is -0.438 e. The minimum atomic E-state index is -0.990. The molecule has 6 nitrogen and oxygen atoms in total. The third kappa shape index (κ3) is 5.21. The van der Waals surface area contributed by atoms with Crippen LogP contribution in [0.4, 0.5) is 4.79 Å². The molecule has 2 atom stereocenters. The summed E-state index contributed by atoms with van der Waals surface area (Å²) in [6.07, 6.45) is 4.59. The van der Waals surface area contributed by atoms with E-state index in [0.717, 1.165) is 40.7 Å². The van der Waals surface area contributed by atoms with Gasteiger partial charge in [0.05, 0.1) is 11.6 Å². The molecule has 2 aromatic carbocycles. The molecular weight excluding hydrogens is 464 g/mol. The summed E-state index contributed by atoms with van der Waals surface area (Å²) in [5.74, 6) is 0. The van der Waals surface area contributed by atoms with Crippen LogP contribution in [-0.4, -0.2) is 32.8 Å². The zero-order valence-corrected chi connectivity index (χ0v) is 22.1. The highest BCUT2D eigenvalue weighted by molar-refractivity contribution is 5.71. The van der Waals surface area contributed by atoms with Crippen molar-refractivity contribution in [2.24, 2.45) is 0 Å². The van der Waals surface area contributed by atoms with Gasteiger partial charge in [0.1, 0.15) is 5.60 Å². The van der Waals surface area contributed by atoms with E-state index in [4.69, 9.17) is 4.74 Å². The molecule has 1 amide bonds. The van der Waals surface area contributed by atoms with E-state index < -0.39 is 11.2 Å². The summed E-state index contributed by atoms with van der Waals surface area (Å²) in [5, 5.41) is 10.6. The minimum absolute atomic E-state index is 0.0408. The molecule has 1 saturated carbocycles. The van der Waals surface area contributed by atoms with E-state index in [2.05, 4.69) is 6.07 Å². The number of benzene rings is 2. The van der Waals surface area contributed by atoms with Crippen molar-refractivity contribution in [2.75, 3.05) is 6.54 Å². The van der Waals surface area contributed by atoms with Crippen LogP contribution in [0.3, 0.4) is 0 Å². The van der Waals surface area contributed by atoms with Crippen molar-refractivity contribution in [2.45, 2.75) is 76.7 Å².